The smallest absolute Gasteiger partial charge is 0.408 e. The Morgan fingerprint density at radius 1 is 0.975 bits per heavy atom. The second-order valence-corrected chi connectivity index (χ2v) is 9.41. The minimum Gasteiger partial charge on any atom is -0.466 e. The van der Waals surface area contributed by atoms with Gasteiger partial charge >= 0.3 is 12.1 Å². The molecule has 3 aromatic rings. The minimum absolute atomic E-state index is 0.0126. The lowest BCUT2D eigenvalue weighted by Crippen LogP contribution is -2.51. The first-order valence-electron chi connectivity index (χ1n) is 12.3. The molecular weight excluding hydrogens is 563 g/mol. The van der Waals surface area contributed by atoms with Gasteiger partial charge in [-0.25, -0.2) is 9.48 Å². The van der Waals surface area contributed by atoms with E-state index >= 15 is 0 Å². The number of ether oxygens (including phenoxy) is 2. The highest BCUT2D eigenvalue weighted by Crippen LogP contribution is 2.26. The summed E-state index contributed by atoms with van der Waals surface area (Å²) in [5.41, 5.74) is 1.35. The number of nitrogens with zero attached hydrogens (tertiary/aromatic N) is 4. The van der Waals surface area contributed by atoms with Gasteiger partial charge in [0.05, 0.1) is 19.1 Å². The van der Waals surface area contributed by atoms with Crippen LogP contribution in [0.25, 0.3) is 0 Å². The van der Waals surface area contributed by atoms with E-state index in [1.807, 2.05) is 6.07 Å². The van der Waals surface area contributed by atoms with Gasteiger partial charge in [-0.15, -0.1) is 5.10 Å². The molecule has 0 aliphatic carbocycles. The Kier molecular flexibility index (Phi) is 11.4. The highest BCUT2D eigenvalue weighted by molar-refractivity contribution is 6.36. The van der Waals surface area contributed by atoms with E-state index in [4.69, 9.17) is 32.7 Å². The number of benzene rings is 2. The maximum atomic E-state index is 13.2. The zero-order chi connectivity index (χ0) is 29.1. The predicted molar refractivity (Wildman–Crippen MR) is 144 cm³/mol. The molecule has 2 aromatic carbocycles. The molecule has 0 aliphatic rings. The summed E-state index contributed by atoms with van der Waals surface area (Å²) in [5, 5.41) is 17.1. The van der Waals surface area contributed by atoms with Crippen LogP contribution in [0.1, 0.15) is 37.2 Å². The van der Waals surface area contributed by atoms with Crippen LogP contribution in [0.2, 0.25) is 10.0 Å². The lowest BCUT2D eigenvalue weighted by atomic mass is 10.1. The topological polar surface area (TPSA) is 154 Å². The number of nitrogens with one attached hydrogen (secondary N) is 2. The lowest BCUT2D eigenvalue weighted by Gasteiger charge is -2.20. The normalized spacial score (nSPS) is 12.2. The number of tetrazole rings is 1. The van der Waals surface area contributed by atoms with Crippen molar-refractivity contribution in [1.82, 2.24) is 30.8 Å². The molecule has 0 aliphatic heterocycles. The van der Waals surface area contributed by atoms with Crippen molar-refractivity contribution >= 4 is 47.0 Å². The van der Waals surface area contributed by atoms with Gasteiger partial charge in [0.2, 0.25) is 5.91 Å². The van der Waals surface area contributed by atoms with Crippen molar-refractivity contribution in [1.29, 1.82) is 0 Å². The van der Waals surface area contributed by atoms with Crippen LogP contribution < -0.4 is 10.6 Å². The molecule has 0 saturated heterocycles. The van der Waals surface area contributed by atoms with Crippen molar-refractivity contribution in [2.75, 3.05) is 6.61 Å². The van der Waals surface area contributed by atoms with Crippen LogP contribution in [0, 0.1) is 0 Å². The second-order valence-electron chi connectivity index (χ2n) is 8.59. The monoisotopic (exact) mass is 590 g/mol. The zero-order valence-corrected chi connectivity index (χ0v) is 23.3. The Morgan fingerprint density at radius 3 is 2.35 bits per heavy atom. The van der Waals surface area contributed by atoms with Crippen molar-refractivity contribution < 1.29 is 28.7 Å². The summed E-state index contributed by atoms with van der Waals surface area (Å²) >= 11 is 12.5. The molecule has 2 N–H and O–H groups in total. The molecule has 0 radical (unpaired) electrons. The van der Waals surface area contributed by atoms with E-state index in [1.54, 1.807) is 49.4 Å². The highest BCUT2D eigenvalue weighted by atomic mass is 35.5. The van der Waals surface area contributed by atoms with E-state index < -0.39 is 42.3 Å². The van der Waals surface area contributed by atoms with E-state index in [2.05, 4.69) is 26.2 Å². The van der Waals surface area contributed by atoms with E-state index in [0.717, 1.165) is 5.56 Å². The van der Waals surface area contributed by atoms with Gasteiger partial charge < -0.3 is 20.1 Å². The maximum Gasteiger partial charge on any atom is 0.408 e. The Hall–Kier alpha value is -4.03. The molecular formula is C26H28Cl2N6O6. The van der Waals surface area contributed by atoms with Crippen LogP contribution in [-0.4, -0.2) is 62.7 Å². The quantitative estimate of drug-likeness (QED) is 0.286. The van der Waals surface area contributed by atoms with Gasteiger partial charge in [-0.2, -0.15) is 0 Å². The Bertz CT molecular complexity index is 1320. The fourth-order valence-corrected chi connectivity index (χ4v) is 4.06. The molecule has 0 spiro atoms. The molecule has 212 valence electrons. The van der Waals surface area contributed by atoms with Crippen LogP contribution in [0.15, 0.2) is 48.5 Å². The minimum atomic E-state index is -1.28. The number of hydrogen-bond donors (Lipinski definition) is 2. The maximum absolute atomic E-state index is 13.2. The third-order valence-electron chi connectivity index (χ3n) is 5.63. The van der Waals surface area contributed by atoms with Crippen LogP contribution in [0.3, 0.4) is 0 Å². The summed E-state index contributed by atoms with van der Waals surface area (Å²) in [4.78, 5) is 50.4. The molecule has 2 unspecified atom stereocenters. The van der Waals surface area contributed by atoms with E-state index in [1.165, 1.54) is 11.6 Å². The summed E-state index contributed by atoms with van der Waals surface area (Å²) in [7, 11) is 0. The van der Waals surface area contributed by atoms with Gasteiger partial charge in [0.25, 0.3) is 0 Å². The van der Waals surface area contributed by atoms with Gasteiger partial charge in [0.15, 0.2) is 11.6 Å². The van der Waals surface area contributed by atoms with Gasteiger partial charge in [-0.05, 0) is 47.5 Å². The molecule has 1 heterocycles. The number of amides is 2. The van der Waals surface area contributed by atoms with Gasteiger partial charge in [-0.1, -0.05) is 59.6 Å². The number of carbonyl (C=O) groups excluding carboxylic acids is 4. The standard InChI is InChI=1S/C26H28Cl2N6O6/c1-3-39-24(36)13-21(30-25(37)16(2)29-26(38)40-15-17-8-5-4-6-9-17)22(35)14-34-23(31-32-33-34)12-18-19(27)10-7-11-20(18)28/h4-11,16,21H,3,12-15H2,1-2H3,(H,29,38)(H,30,37). The number of aromatic nitrogens is 4. The van der Waals surface area contributed by atoms with Crippen molar-refractivity contribution in [3.05, 3.63) is 75.5 Å². The number of alkyl carbamates (subject to hydrolysis) is 1. The number of halogens is 2. The molecule has 0 bridgehead atoms. The van der Waals surface area contributed by atoms with Crippen molar-refractivity contribution in [3.63, 3.8) is 0 Å². The first-order chi connectivity index (χ1) is 19.2. The summed E-state index contributed by atoms with van der Waals surface area (Å²) < 4.78 is 11.3. The van der Waals surface area contributed by atoms with Crippen LogP contribution >= 0.6 is 23.2 Å². The lowest BCUT2D eigenvalue weighted by molar-refractivity contribution is -0.145. The number of carbonyl (C=O) groups is 4. The van der Waals surface area contributed by atoms with Crippen molar-refractivity contribution in [3.8, 4) is 0 Å². The molecule has 1 aromatic heterocycles. The molecule has 12 nitrogen and oxygen atoms in total. The summed E-state index contributed by atoms with van der Waals surface area (Å²) in [6.45, 7) is 2.77. The first-order valence-corrected chi connectivity index (χ1v) is 13.1. The fourth-order valence-electron chi connectivity index (χ4n) is 3.53. The van der Waals surface area contributed by atoms with Gasteiger partial charge in [0.1, 0.15) is 19.2 Å². The van der Waals surface area contributed by atoms with E-state index in [0.29, 0.717) is 21.4 Å². The molecule has 2 atom stereocenters. The van der Waals surface area contributed by atoms with Crippen LogP contribution in [0.4, 0.5) is 4.79 Å². The molecule has 2 amide bonds. The molecule has 40 heavy (non-hydrogen) atoms. The third kappa shape index (κ3) is 9.02. The summed E-state index contributed by atoms with van der Waals surface area (Å²) in [6, 6.07) is 11.7. The average Bonchev–Trinajstić information content (AvgIpc) is 3.36. The number of Topliss-reactive ketones (excluding diaryl/α,β-unsaturated/α-hetero) is 1. The molecule has 3 rings (SSSR count). The number of rotatable bonds is 13. The van der Waals surface area contributed by atoms with Gasteiger partial charge in [-0.3, -0.25) is 14.4 Å². The third-order valence-corrected chi connectivity index (χ3v) is 6.34. The van der Waals surface area contributed by atoms with Crippen molar-refractivity contribution in [2.24, 2.45) is 0 Å². The van der Waals surface area contributed by atoms with Crippen LogP contribution in [-0.2, 0) is 43.4 Å². The second kappa shape index (κ2) is 14.9. The van der Waals surface area contributed by atoms with Crippen LogP contribution in [0.5, 0.6) is 0 Å². The fraction of sp³-hybridized carbons (Fsp3) is 0.346. The SMILES string of the molecule is CCOC(=O)CC(NC(=O)C(C)NC(=O)OCc1ccccc1)C(=O)Cn1nnnc1Cc1c(Cl)cccc1Cl. The number of hydrogen-bond acceptors (Lipinski definition) is 9. The number of esters is 1. The zero-order valence-electron chi connectivity index (χ0n) is 21.8. The highest BCUT2D eigenvalue weighted by Gasteiger charge is 2.28. The van der Waals surface area contributed by atoms with E-state index in [-0.39, 0.29) is 26.2 Å². The Morgan fingerprint density at radius 2 is 1.68 bits per heavy atom. The van der Waals surface area contributed by atoms with Gasteiger partial charge in [0, 0.05) is 16.5 Å². The first kappa shape index (κ1) is 30.5. The van der Waals surface area contributed by atoms with Crippen molar-refractivity contribution in [2.45, 2.75) is 51.9 Å². The molecule has 14 heteroatoms. The molecule has 0 fully saturated rings. The molecule has 0 saturated carbocycles. The largest absolute Gasteiger partial charge is 0.466 e. The summed E-state index contributed by atoms with van der Waals surface area (Å²) in [5.74, 6) is -1.68. The number of ketones is 1. The van der Waals surface area contributed by atoms with E-state index in [9.17, 15) is 19.2 Å². The summed E-state index contributed by atoms with van der Waals surface area (Å²) in [6.07, 6.45) is -1.12. The Labute approximate surface area is 240 Å². The average molecular weight is 591 g/mol. The Balaban J connectivity index is 1.65. The predicted octanol–water partition coefficient (Wildman–Crippen LogP) is 2.89.